The maximum absolute atomic E-state index is 12.2. The van der Waals surface area contributed by atoms with E-state index in [1.165, 1.54) is 30.2 Å². The second-order valence-electron chi connectivity index (χ2n) is 5.59. The first-order valence-electron chi connectivity index (χ1n) is 8.37. The molecule has 0 aliphatic carbocycles. The monoisotopic (exact) mass is 414 g/mol. The first kappa shape index (κ1) is 19.8. The number of hydrogen-bond donors (Lipinski definition) is 2. The van der Waals surface area contributed by atoms with E-state index < -0.39 is 5.97 Å². The second kappa shape index (κ2) is 9.86. The van der Waals surface area contributed by atoms with E-state index in [2.05, 4.69) is 20.8 Å². The van der Waals surface area contributed by atoms with Crippen LogP contribution >= 0.6 is 23.1 Å². The molecule has 2 aromatic carbocycles. The van der Waals surface area contributed by atoms with Gasteiger partial charge in [-0.3, -0.25) is 4.79 Å². The first-order chi connectivity index (χ1) is 13.7. The number of nitrogens with zero attached hydrogens (tertiary/aromatic N) is 2. The van der Waals surface area contributed by atoms with Crippen molar-refractivity contribution in [2.75, 3.05) is 23.5 Å². The predicted octanol–water partition coefficient (Wildman–Crippen LogP) is 3.67. The fourth-order valence-electron chi connectivity index (χ4n) is 2.31. The van der Waals surface area contributed by atoms with Gasteiger partial charge in [0.05, 0.1) is 24.1 Å². The van der Waals surface area contributed by atoms with Gasteiger partial charge in [-0.2, -0.15) is 0 Å². The Labute approximate surface area is 170 Å². The molecule has 144 valence electrons. The molecule has 7 nitrogen and oxygen atoms in total. The Balaban J connectivity index is 1.50. The molecule has 1 aromatic heterocycles. The smallest absolute Gasteiger partial charge is 0.339 e. The lowest BCUT2D eigenvalue weighted by molar-refractivity contribution is -0.113. The Bertz CT molecular complexity index is 947. The number of nitrogens with one attached hydrogen (secondary N) is 2. The molecule has 3 rings (SSSR count). The summed E-state index contributed by atoms with van der Waals surface area (Å²) in [7, 11) is 1.30. The van der Waals surface area contributed by atoms with Crippen LogP contribution in [0.15, 0.2) is 58.9 Å². The third-order valence-electron chi connectivity index (χ3n) is 3.63. The number of rotatable bonds is 8. The summed E-state index contributed by atoms with van der Waals surface area (Å²) in [5.41, 5.74) is 1.88. The van der Waals surface area contributed by atoms with Gasteiger partial charge in [0.25, 0.3) is 0 Å². The summed E-state index contributed by atoms with van der Waals surface area (Å²) in [4.78, 5) is 24.0. The third-order valence-corrected chi connectivity index (χ3v) is 5.64. The van der Waals surface area contributed by atoms with E-state index in [1.54, 1.807) is 24.3 Å². The number of ether oxygens (including phenoxy) is 1. The number of amides is 1. The molecule has 0 saturated carbocycles. The van der Waals surface area contributed by atoms with Crippen LogP contribution in [-0.2, 0) is 16.1 Å². The van der Waals surface area contributed by atoms with Crippen LogP contribution in [0.25, 0.3) is 0 Å². The van der Waals surface area contributed by atoms with Gasteiger partial charge in [0.2, 0.25) is 11.0 Å². The number of benzene rings is 2. The highest BCUT2D eigenvalue weighted by Gasteiger charge is 2.14. The van der Waals surface area contributed by atoms with Crippen LogP contribution < -0.4 is 10.6 Å². The number of carbonyl (C=O) groups is 2. The average molecular weight is 415 g/mol. The number of anilines is 2. The van der Waals surface area contributed by atoms with Crippen LogP contribution in [0.2, 0.25) is 0 Å². The molecule has 0 bridgehead atoms. The minimum absolute atomic E-state index is 0.156. The molecule has 1 heterocycles. The van der Waals surface area contributed by atoms with Crippen LogP contribution in [0.5, 0.6) is 0 Å². The molecule has 2 N–H and O–H groups in total. The average Bonchev–Trinajstić information content (AvgIpc) is 3.19. The van der Waals surface area contributed by atoms with Gasteiger partial charge in [-0.25, -0.2) is 4.79 Å². The number of aromatic nitrogens is 2. The van der Waals surface area contributed by atoms with Crippen molar-refractivity contribution in [3.8, 4) is 0 Å². The van der Waals surface area contributed by atoms with Crippen LogP contribution in [0.4, 0.5) is 10.8 Å². The number of para-hydroxylation sites is 1. The standard InChI is InChI=1S/C19H18N4O3S2/c1-26-17(25)14-9-5-6-10-15(14)21-16(24)12-27-19-23-22-18(28-19)20-11-13-7-3-2-4-8-13/h2-10H,11-12H2,1H3,(H,20,22)(H,21,24). The van der Waals surface area contributed by atoms with Crippen molar-refractivity contribution in [3.05, 3.63) is 65.7 Å². The maximum atomic E-state index is 12.2. The van der Waals surface area contributed by atoms with Gasteiger partial charge >= 0.3 is 5.97 Å². The largest absolute Gasteiger partial charge is 0.465 e. The quantitative estimate of drug-likeness (QED) is 0.429. The summed E-state index contributed by atoms with van der Waals surface area (Å²) in [6.45, 7) is 0.658. The van der Waals surface area contributed by atoms with E-state index in [0.29, 0.717) is 27.3 Å². The van der Waals surface area contributed by atoms with Crippen LogP contribution in [0.1, 0.15) is 15.9 Å². The molecule has 0 aliphatic heterocycles. The molecule has 0 aliphatic rings. The molecule has 9 heteroatoms. The van der Waals surface area contributed by atoms with Crippen molar-refractivity contribution in [2.45, 2.75) is 10.9 Å². The molecule has 0 fully saturated rings. The minimum Gasteiger partial charge on any atom is -0.465 e. The molecule has 0 unspecified atom stereocenters. The Morgan fingerprint density at radius 1 is 1.07 bits per heavy atom. The lowest BCUT2D eigenvalue weighted by Gasteiger charge is -2.08. The van der Waals surface area contributed by atoms with Crippen molar-refractivity contribution in [1.29, 1.82) is 0 Å². The van der Waals surface area contributed by atoms with E-state index in [1.807, 2.05) is 30.3 Å². The summed E-state index contributed by atoms with van der Waals surface area (Å²) >= 11 is 2.67. The summed E-state index contributed by atoms with van der Waals surface area (Å²) in [6, 6.07) is 16.7. The predicted molar refractivity (Wildman–Crippen MR) is 111 cm³/mol. The second-order valence-corrected chi connectivity index (χ2v) is 7.79. The molecule has 0 spiro atoms. The lowest BCUT2D eigenvalue weighted by Crippen LogP contribution is -2.17. The van der Waals surface area contributed by atoms with Gasteiger partial charge in [-0.05, 0) is 17.7 Å². The SMILES string of the molecule is COC(=O)c1ccccc1NC(=O)CSc1nnc(NCc2ccccc2)s1. The molecular formula is C19H18N4O3S2. The fourth-order valence-corrected chi connectivity index (χ4v) is 3.85. The molecular weight excluding hydrogens is 396 g/mol. The topological polar surface area (TPSA) is 93.2 Å². The molecule has 1 amide bonds. The minimum atomic E-state index is -0.498. The Kier molecular flexibility index (Phi) is 6.99. The molecule has 28 heavy (non-hydrogen) atoms. The lowest BCUT2D eigenvalue weighted by atomic mass is 10.2. The number of hydrogen-bond acceptors (Lipinski definition) is 8. The van der Waals surface area contributed by atoms with Gasteiger partial charge in [0.1, 0.15) is 0 Å². The van der Waals surface area contributed by atoms with Crippen molar-refractivity contribution in [1.82, 2.24) is 10.2 Å². The van der Waals surface area contributed by atoms with Gasteiger partial charge in [-0.15, -0.1) is 10.2 Å². The Morgan fingerprint density at radius 3 is 2.61 bits per heavy atom. The van der Waals surface area contributed by atoms with Crippen LogP contribution in [-0.4, -0.2) is 34.9 Å². The number of methoxy groups -OCH3 is 1. The zero-order valence-electron chi connectivity index (χ0n) is 15.0. The highest BCUT2D eigenvalue weighted by atomic mass is 32.2. The molecule has 3 aromatic rings. The van der Waals surface area contributed by atoms with E-state index >= 15 is 0 Å². The van der Waals surface area contributed by atoms with E-state index in [-0.39, 0.29) is 11.7 Å². The highest BCUT2D eigenvalue weighted by molar-refractivity contribution is 8.01. The summed E-state index contributed by atoms with van der Waals surface area (Å²) < 4.78 is 5.41. The first-order valence-corrected chi connectivity index (χ1v) is 10.2. The van der Waals surface area contributed by atoms with E-state index in [4.69, 9.17) is 4.74 Å². The fraction of sp³-hybridized carbons (Fsp3) is 0.158. The molecule has 0 atom stereocenters. The van der Waals surface area contributed by atoms with Crippen LogP contribution in [0, 0.1) is 0 Å². The van der Waals surface area contributed by atoms with E-state index in [9.17, 15) is 9.59 Å². The zero-order chi connectivity index (χ0) is 19.8. The van der Waals surface area contributed by atoms with Crippen molar-refractivity contribution < 1.29 is 14.3 Å². The zero-order valence-corrected chi connectivity index (χ0v) is 16.7. The molecule has 0 radical (unpaired) electrons. The third kappa shape index (κ3) is 5.54. The summed E-state index contributed by atoms with van der Waals surface area (Å²) in [5.74, 6) is -0.583. The van der Waals surface area contributed by atoms with Crippen molar-refractivity contribution >= 4 is 45.8 Å². The number of thioether (sulfide) groups is 1. The Morgan fingerprint density at radius 2 is 1.82 bits per heavy atom. The molecule has 0 saturated heterocycles. The van der Waals surface area contributed by atoms with Gasteiger partial charge < -0.3 is 15.4 Å². The van der Waals surface area contributed by atoms with Crippen molar-refractivity contribution in [2.24, 2.45) is 0 Å². The van der Waals surface area contributed by atoms with Crippen LogP contribution in [0.3, 0.4) is 0 Å². The Hall–Kier alpha value is -2.91. The highest BCUT2D eigenvalue weighted by Crippen LogP contribution is 2.26. The van der Waals surface area contributed by atoms with Crippen molar-refractivity contribution in [3.63, 3.8) is 0 Å². The number of esters is 1. The van der Waals surface area contributed by atoms with Gasteiger partial charge in [-0.1, -0.05) is 65.6 Å². The number of carbonyl (C=O) groups excluding carboxylic acids is 2. The van der Waals surface area contributed by atoms with Gasteiger partial charge in [0, 0.05) is 6.54 Å². The maximum Gasteiger partial charge on any atom is 0.339 e. The van der Waals surface area contributed by atoms with E-state index in [0.717, 1.165) is 5.56 Å². The summed E-state index contributed by atoms with van der Waals surface area (Å²) in [5, 5.41) is 14.8. The van der Waals surface area contributed by atoms with Gasteiger partial charge in [0.15, 0.2) is 4.34 Å². The summed E-state index contributed by atoms with van der Waals surface area (Å²) in [6.07, 6.45) is 0. The normalized spacial score (nSPS) is 10.3.